The maximum Gasteiger partial charge on any atom is 0.173 e. The molecule has 20 nitrogen and oxygen atoms in total. The van der Waals surface area contributed by atoms with E-state index in [1.54, 1.807) is 0 Å². The molecule has 22 rings (SSSR count). The van der Waals surface area contributed by atoms with Crippen molar-refractivity contribution < 1.29 is 134 Å². The maximum atomic E-state index is 8.60. The Bertz CT molecular complexity index is 1830. The average molecular weight is 923 g/mol. The van der Waals surface area contributed by atoms with E-state index < -0.39 is 41.0 Å². The molecule has 0 amide bonds. The SMILES string of the molecule is [O-][Cl+3]([O-])([O-])O.[O-][Cl+3]([O-])([O-])O.[O-][Cl+3]([O-])([O-])O.[O-][Cl+3]([O-])([O-])O.c1cc2ccc1C[n+]1ccc(cc1)-c1cc[n+](cc1)Cc1ccc(cc1)C[n+]1ccc(cc1)-c1cc[n+](cc1)C2. The number of rotatable bonds is 0. The van der Waals surface area contributed by atoms with E-state index in [9.17, 15) is 0 Å². The highest BCUT2D eigenvalue weighted by molar-refractivity contribution is 5.61. The summed E-state index contributed by atoms with van der Waals surface area (Å²) in [5.41, 5.74) is 10.1. The lowest BCUT2D eigenvalue weighted by molar-refractivity contribution is -1.92. The lowest BCUT2D eigenvalue weighted by Crippen LogP contribution is -2.58. The van der Waals surface area contributed by atoms with Crippen molar-refractivity contribution in [1.82, 2.24) is 0 Å². The summed E-state index contributed by atoms with van der Waals surface area (Å²) in [4.78, 5) is 0. The van der Waals surface area contributed by atoms with Crippen molar-refractivity contribution in [2.45, 2.75) is 26.2 Å². The van der Waals surface area contributed by atoms with Crippen LogP contribution in [0.5, 0.6) is 0 Å². The average Bonchev–Trinajstić information content (AvgIpc) is 3.12. The lowest BCUT2D eigenvalue weighted by atomic mass is 10.1. The van der Waals surface area contributed by atoms with E-state index in [-0.39, 0.29) is 0 Å². The molecule has 0 spiro atoms. The largest absolute Gasteiger partial charge is 0.201 e. The predicted octanol–water partition coefficient (Wildman–Crippen LogP) is -11.8. The topological polar surface area (TPSA) is 373 Å². The van der Waals surface area contributed by atoms with Crippen LogP contribution in [0.15, 0.2) is 147 Å². The monoisotopic (exact) mass is 920 g/mol. The van der Waals surface area contributed by atoms with Gasteiger partial charge in [-0.3, -0.25) is 0 Å². The minimum Gasteiger partial charge on any atom is -0.201 e. The van der Waals surface area contributed by atoms with Gasteiger partial charge < -0.3 is 0 Å². The van der Waals surface area contributed by atoms with Crippen LogP contribution in [-0.2, 0) is 26.2 Å². The summed E-state index contributed by atoms with van der Waals surface area (Å²) in [6, 6.07) is 35.5. The zero-order valence-corrected chi connectivity index (χ0v) is 33.7. The molecule has 0 atom stereocenters. The second-order valence-corrected chi connectivity index (χ2v) is 15.4. The van der Waals surface area contributed by atoms with Crippen LogP contribution < -0.4 is 74.2 Å². The van der Waals surface area contributed by atoms with Gasteiger partial charge in [0.25, 0.3) is 0 Å². The number of hydrogen-bond donors (Lipinski definition) is 4. The molecule has 60 heavy (non-hydrogen) atoms. The molecule has 0 saturated heterocycles. The highest BCUT2D eigenvalue weighted by atomic mass is 35.7. The fraction of sp³-hybridized carbons (Fsp3) is 0.111. The summed E-state index contributed by atoms with van der Waals surface area (Å²) < 4.78 is 140. The number of benzene rings is 2. The Balaban J connectivity index is 0.000000402. The van der Waals surface area contributed by atoms with E-state index in [0.717, 1.165) is 26.2 Å². The third-order valence-corrected chi connectivity index (χ3v) is 7.74. The Hall–Kier alpha value is -4.44. The number of nitrogens with zero attached hydrogens (tertiary/aromatic N) is 4. The van der Waals surface area contributed by atoms with E-state index in [1.165, 1.54) is 44.5 Å². The van der Waals surface area contributed by atoms with Gasteiger partial charge in [0, 0.05) is 70.8 Å². The predicted molar refractivity (Wildman–Crippen MR) is 163 cm³/mol. The maximum absolute atomic E-state index is 8.60. The molecule has 4 aromatic heterocycles. The molecule has 4 N–H and O–H groups in total. The molecule has 20 heterocycles. The molecule has 0 fully saturated rings. The highest BCUT2D eigenvalue weighted by Gasteiger charge is 2.12. The van der Waals surface area contributed by atoms with Crippen LogP contribution in [0.3, 0.4) is 0 Å². The van der Waals surface area contributed by atoms with Gasteiger partial charge in [-0.15, -0.1) is 0 Å². The molecular weight excluding hydrogens is 886 g/mol. The van der Waals surface area contributed by atoms with Gasteiger partial charge in [-0.25, -0.2) is 18.3 Å². The first-order chi connectivity index (χ1) is 27.7. The van der Waals surface area contributed by atoms with Crippen LogP contribution in [0, 0.1) is 41.0 Å². The molecule has 0 saturated carbocycles. The summed E-state index contributed by atoms with van der Waals surface area (Å²) in [5, 5.41) is 0. The second-order valence-electron chi connectivity index (χ2n) is 12.3. The first-order valence-corrected chi connectivity index (χ1v) is 21.4. The van der Waals surface area contributed by atoms with Crippen molar-refractivity contribution in [3.63, 3.8) is 0 Å². The molecule has 6 aromatic rings. The van der Waals surface area contributed by atoms with E-state index >= 15 is 0 Å². The summed E-state index contributed by atoms with van der Waals surface area (Å²) in [6.07, 6.45) is 17.4. The molecule has 2 aromatic carbocycles. The number of hydrogen-bond acceptors (Lipinski definition) is 16. The minimum absolute atomic E-state index is 0.854. The zero-order chi connectivity index (χ0) is 44.7. The molecule has 0 aliphatic carbocycles. The third-order valence-electron chi connectivity index (χ3n) is 7.74. The Morgan fingerprint density at radius 3 is 0.500 bits per heavy atom. The standard InChI is InChI=1S/C36H32N4.4ClHO4/c1-2-30-4-3-29(1)25-37-17-9-33(10-18-37)35-13-21-39(22-14-35)27-31-5-7-32(8-6-31)28-40-23-15-36(16-24-40)34-11-19-38(26-30)20-12-34;4*2-1(3,4)5/h1-24H,25-28H2;4*(H,2,3,4,5)/q+4;;;;. The van der Waals surface area contributed by atoms with Gasteiger partial charge in [0.2, 0.25) is 0 Å². The number of halogens is 4. The molecule has 16 aliphatic rings. The Morgan fingerprint density at radius 2 is 0.383 bits per heavy atom. The van der Waals surface area contributed by atoms with Crippen LogP contribution in [0.2, 0.25) is 0 Å². The minimum atomic E-state index is -4.69. The molecule has 0 unspecified atom stereocenters. The van der Waals surface area contributed by atoms with Gasteiger partial charge >= 0.3 is 0 Å². The lowest BCUT2D eigenvalue weighted by Gasteiger charge is -2.05. The van der Waals surface area contributed by atoms with Gasteiger partial charge in [-0.2, -0.15) is 55.9 Å². The molecule has 320 valence electrons. The van der Waals surface area contributed by atoms with E-state index in [1.807, 2.05) is 0 Å². The molecule has 16 aliphatic heterocycles. The van der Waals surface area contributed by atoms with Gasteiger partial charge in [0.05, 0.1) is 59.6 Å². The molecule has 12 bridgehead atoms. The Kier molecular flexibility index (Phi) is 18.6. The van der Waals surface area contributed by atoms with Crippen LogP contribution in [0.4, 0.5) is 0 Å². The normalized spacial score (nSPS) is 12.4. The Morgan fingerprint density at radius 1 is 0.267 bits per heavy atom. The van der Waals surface area contributed by atoms with Crippen molar-refractivity contribution >= 4 is 0 Å². The summed E-state index contributed by atoms with van der Waals surface area (Å²) in [7, 11) is -18.8. The van der Waals surface area contributed by atoms with Crippen LogP contribution >= 0.6 is 0 Å². The van der Waals surface area contributed by atoms with Gasteiger partial charge in [0.1, 0.15) is 0 Å². The highest BCUT2D eigenvalue weighted by Crippen LogP contribution is 2.18. The van der Waals surface area contributed by atoms with E-state index in [2.05, 4.69) is 165 Å². The van der Waals surface area contributed by atoms with Crippen molar-refractivity contribution in [2.75, 3.05) is 0 Å². The van der Waals surface area contributed by atoms with Crippen molar-refractivity contribution in [1.29, 1.82) is 0 Å². The van der Waals surface area contributed by atoms with Gasteiger partial charge in [0.15, 0.2) is 75.8 Å². The fourth-order valence-corrected chi connectivity index (χ4v) is 5.36. The molecular formula is C36H36Cl4N4O16+4. The first-order valence-electron chi connectivity index (χ1n) is 16.4. The zero-order valence-electron chi connectivity index (χ0n) is 30.7. The number of pyridine rings is 4. The van der Waals surface area contributed by atoms with Crippen LogP contribution in [0.25, 0.3) is 22.3 Å². The molecule has 24 heteroatoms. The quantitative estimate of drug-likeness (QED) is 0.103. The third kappa shape index (κ3) is 23.4. The Labute approximate surface area is 349 Å². The summed E-state index contributed by atoms with van der Waals surface area (Å²) in [5.74, 6) is 0. The fourth-order valence-electron chi connectivity index (χ4n) is 5.36. The first kappa shape index (κ1) is 49.9. The van der Waals surface area contributed by atoms with Crippen LogP contribution in [-0.4, -0.2) is 18.6 Å². The van der Waals surface area contributed by atoms with Crippen molar-refractivity contribution in [2.24, 2.45) is 0 Å². The van der Waals surface area contributed by atoms with Crippen molar-refractivity contribution in [3.8, 4) is 22.3 Å². The van der Waals surface area contributed by atoms with E-state index in [0.29, 0.717) is 0 Å². The van der Waals surface area contributed by atoms with Gasteiger partial charge in [-0.05, 0) is 22.3 Å². The van der Waals surface area contributed by atoms with Gasteiger partial charge in [-0.1, -0.05) is 48.5 Å². The van der Waals surface area contributed by atoms with E-state index in [4.69, 9.17) is 74.5 Å². The number of aromatic nitrogens is 4. The smallest absolute Gasteiger partial charge is 0.173 e. The van der Waals surface area contributed by atoms with Crippen molar-refractivity contribution in [3.05, 3.63) is 169 Å². The summed E-state index contributed by atoms with van der Waals surface area (Å²) >= 11 is 0. The van der Waals surface area contributed by atoms with Crippen LogP contribution in [0.1, 0.15) is 22.3 Å². The molecule has 0 radical (unpaired) electrons. The summed E-state index contributed by atoms with van der Waals surface area (Å²) in [6.45, 7) is 3.42. The second kappa shape index (κ2) is 22.4.